The van der Waals surface area contributed by atoms with Gasteiger partial charge in [0, 0.05) is 18.2 Å². The number of carbonyl (C=O) groups excluding carboxylic acids is 1. The Morgan fingerprint density at radius 1 is 1.24 bits per heavy atom. The maximum atomic E-state index is 12.9. The highest BCUT2D eigenvalue weighted by molar-refractivity contribution is 5.91. The minimum atomic E-state index is -0.350. The minimum Gasteiger partial charge on any atom is -0.497 e. The first-order chi connectivity index (χ1) is 12.0. The summed E-state index contributed by atoms with van der Waals surface area (Å²) in [5.74, 6) is 0.172. The van der Waals surface area contributed by atoms with Crippen molar-refractivity contribution in [1.82, 2.24) is 5.32 Å². The predicted molar refractivity (Wildman–Crippen MR) is 95.1 cm³/mol. The molecule has 5 nitrogen and oxygen atoms in total. The van der Waals surface area contributed by atoms with Crippen LogP contribution in [0.25, 0.3) is 0 Å². The summed E-state index contributed by atoms with van der Waals surface area (Å²) < 4.78 is 18.1. The Bertz CT molecular complexity index is 691. The summed E-state index contributed by atoms with van der Waals surface area (Å²) in [4.78, 5) is 12.1. The van der Waals surface area contributed by atoms with Crippen LogP contribution in [0.1, 0.15) is 24.9 Å². The number of amides is 1. The van der Waals surface area contributed by atoms with Crippen molar-refractivity contribution in [2.45, 2.75) is 25.4 Å². The molecule has 0 aliphatic heterocycles. The molecule has 0 aliphatic rings. The maximum Gasteiger partial charge on any atom is 0.225 e. The average Bonchev–Trinajstić information content (AvgIpc) is 2.61. The van der Waals surface area contributed by atoms with E-state index in [1.807, 2.05) is 31.2 Å². The lowest BCUT2D eigenvalue weighted by Crippen LogP contribution is -2.35. The number of aliphatic hydroxyl groups excluding tert-OH is 1. The lowest BCUT2D eigenvalue weighted by molar-refractivity contribution is -0.116. The Morgan fingerprint density at radius 3 is 2.60 bits per heavy atom. The number of hydrogen-bond acceptors (Lipinski definition) is 4. The SMILES string of the molecule is COc1cccc(C(CO)NC(C)CC(=O)Nc2ccc(F)cc2)c1. The molecule has 2 unspecified atom stereocenters. The van der Waals surface area contributed by atoms with Crippen molar-refractivity contribution in [2.75, 3.05) is 19.0 Å². The zero-order chi connectivity index (χ0) is 18.2. The fourth-order valence-corrected chi connectivity index (χ4v) is 2.54. The summed E-state index contributed by atoms with van der Waals surface area (Å²) in [6.45, 7) is 1.77. The molecule has 3 N–H and O–H groups in total. The molecular weight excluding hydrogens is 323 g/mol. The van der Waals surface area contributed by atoms with Crippen LogP contribution in [0.2, 0.25) is 0 Å². The predicted octanol–water partition coefficient (Wildman–Crippen LogP) is 2.87. The lowest BCUT2D eigenvalue weighted by Gasteiger charge is -2.22. The van der Waals surface area contributed by atoms with Crippen LogP contribution in [0.3, 0.4) is 0 Å². The van der Waals surface area contributed by atoms with Crippen molar-refractivity contribution in [2.24, 2.45) is 0 Å². The first kappa shape index (κ1) is 18.9. The zero-order valence-corrected chi connectivity index (χ0v) is 14.3. The second-order valence-electron chi connectivity index (χ2n) is 5.84. The molecule has 0 saturated carbocycles. The molecule has 1 amide bonds. The molecule has 0 aromatic heterocycles. The molecule has 134 valence electrons. The van der Waals surface area contributed by atoms with Crippen molar-refractivity contribution in [1.29, 1.82) is 0 Å². The third kappa shape index (κ3) is 5.85. The van der Waals surface area contributed by atoms with Crippen LogP contribution in [0, 0.1) is 5.82 Å². The van der Waals surface area contributed by atoms with Gasteiger partial charge < -0.3 is 20.5 Å². The fraction of sp³-hybridized carbons (Fsp3) is 0.316. The van der Waals surface area contributed by atoms with E-state index in [-0.39, 0.29) is 36.8 Å². The summed E-state index contributed by atoms with van der Waals surface area (Å²) in [5, 5.41) is 15.6. The average molecular weight is 346 g/mol. The van der Waals surface area contributed by atoms with E-state index < -0.39 is 0 Å². The largest absolute Gasteiger partial charge is 0.497 e. The van der Waals surface area contributed by atoms with Crippen molar-refractivity contribution in [3.63, 3.8) is 0 Å². The van der Waals surface area contributed by atoms with Crippen molar-refractivity contribution < 1.29 is 19.0 Å². The smallest absolute Gasteiger partial charge is 0.225 e. The molecule has 2 aromatic carbocycles. The Hall–Kier alpha value is -2.44. The fourth-order valence-electron chi connectivity index (χ4n) is 2.54. The molecule has 0 spiro atoms. The van der Waals surface area contributed by atoms with E-state index in [1.165, 1.54) is 24.3 Å². The summed E-state index contributed by atoms with van der Waals surface area (Å²) in [6.07, 6.45) is 0.220. The van der Waals surface area contributed by atoms with Crippen LogP contribution >= 0.6 is 0 Å². The summed E-state index contributed by atoms with van der Waals surface area (Å²) in [6, 6.07) is 12.6. The monoisotopic (exact) mass is 346 g/mol. The number of nitrogens with one attached hydrogen (secondary N) is 2. The molecule has 0 aliphatic carbocycles. The molecule has 2 rings (SSSR count). The van der Waals surface area contributed by atoms with Gasteiger partial charge in [0.15, 0.2) is 0 Å². The van der Waals surface area contributed by atoms with E-state index in [1.54, 1.807) is 7.11 Å². The number of benzene rings is 2. The molecule has 0 heterocycles. The van der Waals surface area contributed by atoms with Crippen LogP contribution in [0.15, 0.2) is 48.5 Å². The first-order valence-electron chi connectivity index (χ1n) is 8.08. The molecular formula is C19H23FN2O3. The second kappa shape index (κ2) is 9.15. The van der Waals surface area contributed by atoms with Gasteiger partial charge in [-0.1, -0.05) is 12.1 Å². The van der Waals surface area contributed by atoms with Gasteiger partial charge in [0.05, 0.1) is 19.8 Å². The van der Waals surface area contributed by atoms with Crippen molar-refractivity contribution >= 4 is 11.6 Å². The van der Waals surface area contributed by atoms with Crippen LogP contribution in [-0.2, 0) is 4.79 Å². The normalized spacial score (nSPS) is 13.1. The van der Waals surface area contributed by atoms with E-state index in [4.69, 9.17) is 4.74 Å². The summed E-state index contributed by atoms with van der Waals surface area (Å²) >= 11 is 0. The number of halogens is 1. The van der Waals surface area contributed by atoms with Crippen molar-refractivity contribution in [3.05, 3.63) is 59.9 Å². The van der Waals surface area contributed by atoms with Gasteiger partial charge in [-0.2, -0.15) is 0 Å². The maximum absolute atomic E-state index is 12.9. The Labute approximate surface area is 146 Å². The van der Waals surface area contributed by atoms with Crippen molar-refractivity contribution in [3.8, 4) is 5.75 Å². The van der Waals surface area contributed by atoms with Gasteiger partial charge in [-0.25, -0.2) is 4.39 Å². The van der Waals surface area contributed by atoms with Gasteiger partial charge in [-0.05, 0) is 48.9 Å². The quantitative estimate of drug-likeness (QED) is 0.687. The second-order valence-corrected chi connectivity index (χ2v) is 5.84. The summed E-state index contributed by atoms with van der Waals surface area (Å²) in [7, 11) is 1.59. The number of hydrogen-bond donors (Lipinski definition) is 3. The first-order valence-corrected chi connectivity index (χ1v) is 8.08. The highest BCUT2D eigenvalue weighted by atomic mass is 19.1. The van der Waals surface area contributed by atoms with Gasteiger partial charge in [-0.3, -0.25) is 4.79 Å². The van der Waals surface area contributed by atoms with Gasteiger partial charge in [0.25, 0.3) is 0 Å². The molecule has 0 bridgehead atoms. The highest BCUT2D eigenvalue weighted by Gasteiger charge is 2.16. The molecule has 2 aromatic rings. The number of aliphatic hydroxyl groups is 1. The van der Waals surface area contributed by atoms with Crippen LogP contribution in [0.4, 0.5) is 10.1 Å². The van der Waals surface area contributed by atoms with Crippen LogP contribution < -0.4 is 15.4 Å². The number of ether oxygens (including phenoxy) is 1. The van der Waals surface area contributed by atoms with Gasteiger partial charge >= 0.3 is 0 Å². The Morgan fingerprint density at radius 2 is 1.96 bits per heavy atom. The molecule has 0 fully saturated rings. The third-order valence-electron chi connectivity index (χ3n) is 3.78. The minimum absolute atomic E-state index is 0.100. The molecule has 2 atom stereocenters. The van der Waals surface area contributed by atoms with Crippen LogP contribution in [-0.4, -0.2) is 30.8 Å². The van der Waals surface area contributed by atoms with E-state index in [2.05, 4.69) is 10.6 Å². The molecule has 25 heavy (non-hydrogen) atoms. The van der Waals surface area contributed by atoms with E-state index in [0.717, 1.165) is 5.56 Å². The Kier molecular flexibility index (Phi) is 6.91. The zero-order valence-electron chi connectivity index (χ0n) is 14.3. The van der Waals surface area contributed by atoms with E-state index in [9.17, 15) is 14.3 Å². The molecule has 0 saturated heterocycles. The number of anilines is 1. The summed E-state index contributed by atoms with van der Waals surface area (Å²) in [5.41, 5.74) is 1.43. The molecule has 6 heteroatoms. The topological polar surface area (TPSA) is 70.6 Å². The van der Waals surface area contributed by atoms with E-state index >= 15 is 0 Å². The third-order valence-corrected chi connectivity index (χ3v) is 3.78. The molecule has 0 radical (unpaired) electrons. The van der Waals surface area contributed by atoms with E-state index in [0.29, 0.717) is 11.4 Å². The highest BCUT2D eigenvalue weighted by Crippen LogP contribution is 2.20. The number of methoxy groups -OCH3 is 1. The van der Waals surface area contributed by atoms with Gasteiger partial charge in [0.1, 0.15) is 11.6 Å². The Balaban J connectivity index is 1.91. The number of carbonyl (C=O) groups is 1. The standard InChI is InChI=1S/C19H23FN2O3/c1-13(10-19(24)22-16-8-6-15(20)7-9-16)21-18(12-23)14-4-3-5-17(11-14)25-2/h3-9,11,13,18,21,23H,10,12H2,1-2H3,(H,22,24). The number of rotatable bonds is 8. The van der Waals surface area contributed by atoms with Gasteiger partial charge in [0.2, 0.25) is 5.91 Å². The van der Waals surface area contributed by atoms with Gasteiger partial charge in [-0.15, -0.1) is 0 Å². The van der Waals surface area contributed by atoms with Crippen LogP contribution in [0.5, 0.6) is 5.75 Å². The lowest BCUT2D eigenvalue weighted by atomic mass is 10.1.